The van der Waals surface area contributed by atoms with Crippen LogP contribution in [0, 0.1) is 0 Å². The van der Waals surface area contributed by atoms with Crippen LogP contribution in [-0.4, -0.2) is 50.4 Å². The first-order valence-electron chi connectivity index (χ1n) is 10.3. The molecule has 1 aromatic carbocycles. The second-order valence-electron chi connectivity index (χ2n) is 8.10. The van der Waals surface area contributed by atoms with Gasteiger partial charge >= 0.3 is 0 Å². The number of aliphatic hydroxyl groups is 2. The molecule has 1 amide bonds. The minimum absolute atomic E-state index is 0.0994. The highest BCUT2D eigenvalue weighted by Crippen LogP contribution is 2.23. The van der Waals surface area contributed by atoms with Crippen LogP contribution in [0.15, 0.2) is 24.4 Å². The van der Waals surface area contributed by atoms with Crippen molar-refractivity contribution in [2.24, 2.45) is 0 Å². The maximum atomic E-state index is 12.6. The number of rotatable bonds is 4. The molecule has 28 heavy (non-hydrogen) atoms. The minimum atomic E-state index is -0.233. The summed E-state index contributed by atoms with van der Waals surface area (Å²) in [6, 6.07) is 5.87. The van der Waals surface area contributed by atoms with Gasteiger partial charge in [0.15, 0.2) is 0 Å². The number of aromatic nitrogens is 2. The minimum Gasteiger partial charge on any atom is -0.393 e. The standard InChI is InChI=1S/C21H28N4O3/c26-17-7-3-15(4-8-17)23-20(28)13-1-2-14-12-22-21(25-19(14)11-13)24-16-5-9-18(27)10-6-16/h1-2,11-12,15-18,26-27H,3-10H2,(H,23,28)(H,22,24,25). The van der Waals surface area contributed by atoms with Gasteiger partial charge in [-0.2, -0.15) is 0 Å². The lowest BCUT2D eigenvalue weighted by Crippen LogP contribution is -2.38. The van der Waals surface area contributed by atoms with E-state index in [1.165, 1.54) is 0 Å². The van der Waals surface area contributed by atoms with Crippen molar-refractivity contribution < 1.29 is 15.0 Å². The molecular weight excluding hydrogens is 356 g/mol. The zero-order chi connectivity index (χ0) is 19.5. The van der Waals surface area contributed by atoms with Crippen LogP contribution in [0.25, 0.3) is 10.9 Å². The van der Waals surface area contributed by atoms with Gasteiger partial charge in [0.05, 0.1) is 17.7 Å². The molecule has 1 heterocycles. The van der Waals surface area contributed by atoms with E-state index in [0.717, 1.165) is 62.3 Å². The quantitative estimate of drug-likeness (QED) is 0.645. The molecule has 0 unspecified atom stereocenters. The number of hydrogen-bond acceptors (Lipinski definition) is 6. The number of hydrogen-bond donors (Lipinski definition) is 4. The molecule has 150 valence electrons. The Morgan fingerprint density at radius 1 is 0.929 bits per heavy atom. The second-order valence-corrected chi connectivity index (χ2v) is 8.10. The van der Waals surface area contributed by atoms with Crippen LogP contribution in [0.1, 0.15) is 61.7 Å². The van der Waals surface area contributed by atoms with E-state index in [1.54, 1.807) is 18.3 Å². The van der Waals surface area contributed by atoms with Gasteiger partial charge in [0.25, 0.3) is 5.91 Å². The smallest absolute Gasteiger partial charge is 0.251 e. The van der Waals surface area contributed by atoms with Gasteiger partial charge in [0, 0.05) is 29.2 Å². The Morgan fingerprint density at radius 3 is 2.25 bits per heavy atom. The van der Waals surface area contributed by atoms with Crippen molar-refractivity contribution in [1.82, 2.24) is 15.3 Å². The topological polar surface area (TPSA) is 107 Å². The first-order chi connectivity index (χ1) is 13.6. The molecule has 0 aliphatic heterocycles. The maximum Gasteiger partial charge on any atom is 0.251 e. The summed E-state index contributed by atoms with van der Waals surface area (Å²) in [6.45, 7) is 0. The van der Waals surface area contributed by atoms with E-state index in [2.05, 4.69) is 20.6 Å². The van der Waals surface area contributed by atoms with Gasteiger partial charge in [-0.1, -0.05) is 6.07 Å². The van der Waals surface area contributed by atoms with Crippen LogP contribution < -0.4 is 10.6 Å². The van der Waals surface area contributed by atoms with Gasteiger partial charge in [-0.15, -0.1) is 0 Å². The predicted molar refractivity (Wildman–Crippen MR) is 107 cm³/mol. The Balaban J connectivity index is 1.44. The summed E-state index contributed by atoms with van der Waals surface area (Å²) in [6.07, 6.45) is 7.86. The lowest BCUT2D eigenvalue weighted by Gasteiger charge is -2.26. The van der Waals surface area contributed by atoms with Crippen molar-refractivity contribution in [3.05, 3.63) is 30.0 Å². The number of benzene rings is 1. The molecule has 2 aliphatic rings. The van der Waals surface area contributed by atoms with Crippen LogP contribution in [0.3, 0.4) is 0 Å². The lowest BCUT2D eigenvalue weighted by atomic mass is 9.93. The van der Waals surface area contributed by atoms with Crippen molar-refractivity contribution in [3.8, 4) is 0 Å². The zero-order valence-electron chi connectivity index (χ0n) is 16.0. The molecule has 2 saturated carbocycles. The number of fused-ring (bicyclic) bond motifs is 1. The molecule has 0 spiro atoms. The monoisotopic (exact) mass is 384 g/mol. The van der Waals surface area contributed by atoms with E-state index < -0.39 is 0 Å². The maximum absolute atomic E-state index is 12.6. The normalized spacial score (nSPS) is 28.1. The molecule has 2 aromatic rings. The summed E-state index contributed by atoms with van der Waals surface area (Å²) >= 11 is 0. The summed E-state index contributed by atoms with van der Waals surface area (Å²) in [4.78, 5) is 21.6. The van der Waals surface area contributed by atoms with Gasteiger partial charge in [-0.25, -0.2) is 9.97 Å². The highest BCUT2D eigenvalue weighted by atomic mass is 16.3. The summed E-state index contributed by atoms with van der Waals surface area (Å²) in [5.41, 5.74) is 1.32. The van der Waals surface area contributed by atoms with Gasteiger partial charge in [0.1, 0.15) is 0 Å². The van der Waals surface area contributed by atoms with Gasteiger partial charge in [0.2, 0.25) is 5.95 Å². The summed E-state index contributed by atoms with van der Waals surface area (Å²) in [5, 5.41) is 26.6. The first kappa shape index (κ1) is 19.1. The SMILES string of the molecule is O=C(NC1CCC(O)CC1)c1ccc2cnc(NC3CCC(O)CC3)nc2c1. The molecule has 0 radical (unpaired) electrons. The summed E-state index contributed by atoms with van der Waals surface area (Å²) in [5.74, 6) is 0.463. The van der Waals surface area contributed by atoms with Crippen molar-refractivity contribution in [1.29, 1.82) is 0 Å². The number of nitrogens with one attached hydrogen (secondary N) is 2. The Morgan fingerprint density at radius 2 is 1.57 bits per heavy atom. The third-order valence-corrected chi connectivity index (χ3v) is 5.91. The van der Waals surface area contributed by atoms with Crippen LogP contribution in [0.2, 0.25) is 0 Å². The average molecular weight is 384 g/mol. The number of nitrogens with zero attached hydrogens (tertiary/aromatic N) is 2. The Kier molecular flexibility index (Phi) is 5.73. The predicted octanol–water partition coefficient (Wildman–Crippen LogP) is 2.38. The largest absolute Gasteiger partial charge is 0.393 e. The van der Waals surface area contributed by atoms with Crippen molar-refractivity contribution >= 4 is 22.8 Å². The fourth-order valence-corrected chi connectivity index (χ4v) is 4.13. The molecule has 7 heteroatoms. The molecular formula is C21H28N4O3. The average Bonchev–Trinajstić information content (AvgIpc) is 2.71. The Hall–Kier alpha value is -2.25. The number of aliphatic hydroxyl groups excluding tert-OH is 2. The van der Waals surface area contributed by atoms with Crippen LogP contribution in [0.5, 0.6) is 0 Å². The third kappa shape index (κ3) is 4.59. The highest BCUT2D eigenvalue weighted by molar-refractivity contribution is 5.97. The van der Waals surface area contributed by atoms with Gasteiger partial charge < -0.3 is 20.8 Å². The molecule has 0 saturated heterocycles. The first-order valence-corrected chi connectivity index (χ1v) is 10.3. The number of carbonyl (C=O) groups excluding carboxylic acids is 1. The Labute approximate surface area is 164 Å². The van der Waals surface area contributed by atoms with E-state index in [9.17, 15) is 15.0 Å². The molecule has 2 aliphatic carbocycles. The van der Waals surface area contributed by atoms with Crippen LogP contribution >= 0.6 is 0 Å². The lowest BCUT2D eigenvalue weighted by molar-refractivity contribution is 0.0867. The summed E-state index contributed by atoms with van der Waals surface area (Å²) in [7, 11) is 0. The van der Waals surface area contributed by atoms with E-state index in [1.807, 2.05) is 6.07 Å². The van der Waals surface area contributed by atoms with E-state index in [-0.39, 0.29) is 30.2 Å². The van der Waals surface area contributed by atoms with E-state index >= 15 is 0 Å². The number of amides is 1. The molecule has 0 atom stereocenters. The molecule has 4 rings (SSSR count). The van der Waals surface area contributed by atoms with E-state index in [4.69, 9.17) is 0 Å². The van der Waals surface area contributed by atoms with Crippen LogP contribution in [0.4, 0.5) is 5.95 Å². The number of anilines is 1. The van der Waals surface area contributed by atoms with Crippen molar-refractivity contribution in [3.63, 3.8) is 0 Å². The van der Waals surface area contributed by atoms with Crippen molar-refractivity contribution in [2.75, 3.05) is 5.32 Å². The third-order valence-electron chi connectivity index (χ3n) is 5.91. The molecule has 0 bridgehead atoms. The molecule has 2 fully saturated rings. The van der Waals surface area contributed by atoms with E-state index in [0.29, 0.717) is 11.5 Å². The molecule has 7 nitrogen and oxygen atoms in total. The van der Waals surface area contributed by atoms with Crippen molar-refractivity contribution in [2.45, 2.75) is 75.7 Å². The second kappa shape index (κ2) is 8.41. The van der Waals surface area contributed by atoms with Gasteiger partial charge in [-0.05, 0) is 63.5 Å². The zero-order valence-corrected chi connectivity index (χ0v) is 16.0. The fraction of sp³-hybridized carbons (Fsp3) is 0.571. The molecule has 4 N–H and O–H groups in total. The Bertz CT molecular complexity index is 828. The summed E-state index contributed by atoms with van der Waals surface area (Å²) < 4.78 is 0. The number of carbonyl (C=O) groups is 1. The van der Waals surface area contributed by atoms with Gasteiger partial charge in [-0.3, -0.25) is 4.79 Å². The van der Waals surface area contributed by atoms with Crippen LogP contribution in [-0.2, 0) is 0 Å². The fourth-order valence-electron chi connectivity index (χ4n) is 4.13. The highest BCUT2D eigenvalue weighted by Gasteiger charge is 2.22. The molecule has 1 aromatic heterocycles.